The molecule has 3 N–H and O–H groups in total. The van der Waals surface area contributed by atoms with Crippen LogP contribution in [0.25, 0.3) is 0 Å². The molecule has 0 saturated heterocycles. The Morgan fingerprint density at radius 2 is 2.46 bits per heavy atom. The molecule has 0 amide bonds. The van der Waals surface area contributed by atoms with E-state index in [1.807, 2.05) is 6.92 Å². The highest BCUT2D eigenvalue weighted by atomic mass is 32.1. The fourth-order valence-corrected chi connectivity index (χ4v) is 0.880. The Balaban J connectivity index is 3.42. The topological polar surface area (TPSA) is 90.4 Å². The molecule has 0 aromatic heterocycles. The molecule has 0 bridgehead atoms. The molecule has 0 aliphatic heterocycles. The van der Waals surface area contributed by atoms with Gasteiger partial charge in [0.15, 0.2) is 0 Å². The third kappa shape index (κ3) is 6.23. The van der Waals surface area contributed by atoms with Crippen LogP contribution in [-0.4, -0.2) is 29.3 Å². The van der Waals surface area contributed by atoms with Crippen molar-refractivity contribution in [2.45, 2.75) is 19.4 Å². The van der Waals surface area contributed by atoms with E-state index in [0.717, 1.165) is 6.42 Å². The maximum Gasteiger partial charge on any atom is 0.294 e. The molecule has 6 nitrogen and oxygen atoms in total. The van der Waals surface area contributed by atoms with Crippen molar-refractivity contribution in [1.82, 2.24) is 5.32 Å². The van der Waals surface area contributed by atoms with Gasteiger partial charge in [0.05, 0.1) is 11.0 Å². The first-order valence-electron chi connectivity index (χ1n) is 3.88. The normalized spacial score (nSPS) is 11.8. The number of hydrogen-bond donors (Lipinski definition) is 2. The highest BCUT2D eigenvalue weighted by molar-refractivity contribution is 7.80. The van der Waals surface area contributed by atoms with E-state index in [-0.39, 0.29) is 12.6 Å². The number of rotatable bonds is 6. The number of nitrogens with one attached hydrogen (secondary N) is 1. The average Bonchev–Trinajstić information content (AvgIpc) is 2.10. The van der Waals surface area contributed by atoms with Crippen LogP contribution in [0.2, 0.25) is 0 Å². The van der Waals surface area contributed by atoms with E-state index in [1.54, 1.807) is 0 Å². The predicted molar refractivity (Wildman–Crippen MR) is 51.8 cm³/mol. The molecule has 0 fully saturated rings. The predicted octanol–water partition coefficient (Wildman–Crippen LogP) is -0.151. The molecule has 0 unspecified atom stereocenters. The molecule has 0 spiro atoms. The van der Waals surface area contributed by atoms with Crippen molar-refractivity contribution in [1.29, 1.82) is 0 Å². The zero-order valence-corrected chi connectivity index (χ0v) is 8.17. The number of nitrogens with zero attached hydrogens (tertiary/aromatic N) is 1. The number of thiocarbonyl (C=S) groups is 1. The average molecular weight is 207 g/mol. The van der Waals surface area contributed by atoms with E-state index in [1.165, 1.54) is 0 Å². The number of nitrogens with two attached hydrogens (primary N) is 1. The quantitative estimate of drug-likeness (QED) is 0.272. The van der Waals surface area contributed by atoms with Crippen LogP contribution in [-0.2, 0) is 4.84 Å². The summed E-state index contributed by atoms with van der Waals surface area (Å²) in [6, 6.07) is -0.189. The summed E-state index contributed by atoms with van der Waals surface area (Å²) in [6.07, 6.45) is 0.738. The molecule has 0 aliphatic rings. The fraction of sp³-hybridized carbons (Fsp3) is 0.833. The van der Waals surface area contributed by atoms with E-state index in [9.17, 15) is 10.1 Å². The summed E-state index contributed by atoms with van der Waals surface area (Å²) in [5.41, 5.74) is 5.58. The van der Waals surface area contributed by atoms with Gasteiger partial charge in [0, 0.05) is 6.54 Å². The monoisotopic (exact) mass is 207 g/mol. The Morgan fingerprint density at radius 1 is 1.85 bits per heavy atom. The summed E-state index contributed by atoms with van der Waals surface area (Å²) in [6.45, 7) is 2.18. The Labute approximate surface area is 81.5 Å². The lowest BCUT2D eigenvalue weighted by Crippen LogP contribution is -2.40. The Hall–Kier alpha value is -0.950. The lowest BCUT2D eigenvalue weighted by atomic mass is 10.2. The zero-order chi connectivity index (χ0) is 10.3. The third-order valence-corrected chi connectivity index (χ3v) is 1.82. The van der Waals surface area contributed by atoms with E-state index < -0.39 is 5.09 Å². The molecule has 76 valence electrons. The van der Waals surface area contributed by atoms with Crippen molar-refractivity contribution < 1.29 is 9.92 Å². The van der Waals surface area contributed by atoms with Crippen LogP contribution in [0.4, 0.5) is 0 Å². The van der Waals surface area contributed by atoms with Crippen LogP contribution < -0.4 is 11.1 Å². The lowest BCUT2D eigenvalue weighted by Gasteiger charge is -2.12. The molecule has 0 heterocycles. The van der Waals surface area contributed by atoms with Crippen molar-refractivity contribution >= 4 is 17.2 Å². The van der Waals surface area contributed by atoms with E-state index in [2.05, 4.69) is 10.2 Å². The van der Waals surface area contributed by atoms with Crippen molar-refractivity contribution in [3.8, 4) is 0 Å². The van der Waals surface area contributed by atoms with Crippen LogP contribution in [0, 0.1) is 10.1 Å². The summed E-state index contributed by atoms with van der Waals surface area (Å²) in [4.78, 5) is 14.3. The van der Waals surface area contributed by atoms with Crippen LogP contribution in [0.3, 0.4) is 0 Å². The minimum Gasteiger partial charge on any atom is -0.376 e. The second-order valence-corrected chi connectivity index (χ2v) is 2.80. The van der Waals surface area contributed by atoms with Crippen molar-refractivity contribution in [3.05, 3.63) is 10.1 Å². The molecule has 7 heteroatoms. The van der Waals surface area contributed by atoms with Crippen LogP contribution in [0.5, 0.6) is 0 Å². The number of hydrogen-bond acceptors (Lipinski definition) is 5. The molecule has 0 aromatic rings. The summed E-state index contributed by atoms with van der Waals surface area (Å²) in [7, 11) is 0. The first kappa shape index (κ1) is 12.0. The highest BCUT2D eigenvalue weighted by Gasteiger charge is 2.05. The largest absolute Gasteiger partial charge is 0.376 e. The van der Waals surface area contributed by atoms with Crippen molar-refractivity contribution in [2.75, 3.05) is 13.2 Å². The Morgan fingerprint density at radius 3 is 2.92 bits per heavy atom. The van der Waals surface area contributed by atoms with E-state index >= 15 is 0 Å². The smallest absolute Gasteiger partial charge is 0.294 e. The zero-order valence-electron chi connectivity index (χ0n) is 7.36. The standard InChI is InChI=1S/C6H13N3O3S/c1-2-5(7)6(13)8-3-4-12-9(10)11/h5H,2-4,7H2,1H3,(H,8,13)/t5-/m1/s1. The second-order valence-electron chi connectivity index (χ2n) is 2.36. The third-order valence-electron chi connectivity index (χ3n) is 1.37. The molecular weight excluding hydrogens is 194 g/mol. The highest BCUT2D eigenvalue weighted by Crippen LogP contribution is 1.87. The maximum absolute atomic E-state index is 9.73. The second kappa shape index (κ2) is 6.55. The van der Waals surface area contributed by atoms with Gasteiger partial charge < -0.3 is 15.9 Å². The first-order valence-corrected chi connectivity index (χ1v) is 4.29. The molecule has 0 radical (unpaired) electrons. The molecule has 1 atom stereocenters. The summed E-state index contributed by atoms with van der Waals surface area (Å²) in [5.74, 6) is 0. The van der Waals surface area contributed by atoms with Gasteiger partial charge in [-0.05, 0) is 6.42 Å². The summed E-state index contributed by atoms with van der Waals surface area (Å²) < 4.78 is 0. The SMILES string of the molecule is CC[C@@H](N)C(=S)NCCO[N+](=O)[O-]. The molecule has 0 aromatic carbocycles. The van der Waals surface area contributed by atoms with Crippen molar-refractivity contribution in [2.24, 2.45) is 5.73 Å². The maximum atomic E-state index is 9.73. The summed E-state index contributed by atoms with van der Waals surface area (Å²) >= 11 is 4.89. The molecule has 13 heavy (non-hydrogen) atoms. The summed E-state index contributed by atoms with van der Waals surface area (Å²) in [5, 5.41) is 11.7. The Kier molecular flexibility index (Phi) is 6.07. The lowest BCUT2D eigenvalue weighted by molar-refractivity contribution is -0.757. The van der Waals surface area contributed by atoms with Gasteiger partial charge in [-0.15, -0.1) is 10.1 Å². The van der Waals surface area contributed by atoms with Crippen LogP contribution in [0.1, 0.15) is 13.3 Å². The van der Waals surface area contributed by atoms with Gasteiger partial charge in [0.25, 0.3) is 5.09 Å². The van der Waals surface area contributed by atoms with E-state index in [4.69, 9.17) is 18.0 Å². The minimum absolute atomic E-state index is 0.0242. The van der Waals surface area contributed by atoms with Gasteiger partial charge in [0.2, 0.25) is 0 Å². The van der Waals surface area contributed by atoms with Gasteiger partial charge in [-0.25, -0.2) is 0 Å². The molecular formula is C6H13N3O3S. The molecule has 0 saturated carbocycles. The first-order chi connectivity index (χ1) is 6.07. The van der Waals surface area contributed by atoms with E-state index in [0.29, 0.717) is 11.5 Å². The van der Waals surface area contributed by atoms with Crippen LogP contribution in [0.15, 0.2) is 0 Å². The minimum atomic E-state index is -0.843. The fourth-order valence-electron chi connectivity index (χ4n) is 0.611. The van der Waals surface area contributed by atoms with Gasteiger partial charge in [-0.2, -0.15) is 0 Å². The van der Waals surface area contributed by atoms with Crippen molar-refractivity contribution in [3.63, 3.8) is 0 Å². The van der Waals surface area contributed by atoms with Crippen LogP contribution >= 0.6 is 12.2 Å². The molecule has 0 rings (SSSR count). The van der Waals surface area contributed by atoms with Gasteiger partial charge in [0.1, 0.15) is 6.61 Å². The van der Waals surface area contributed by atoms with Gasteiger partial charge in [-0.1, -0.05) is 19.1 Å². The molecule has 0 aliphatic carbocycles. The van der Waals surface area contributed by atoms with Gasteiger partial charge in [-0.3, -0.25) is 0 Å². The Bertz CT molecular complexity index is 188. The van der Waals surface area contributed by atoms with Gasteiger partial charge >= 0.3 is 0 Å².